The first kappa shape index (κ1) is 8.88. The molecular weight excluding hydrogens is 114 g/mol. The van der Waals surface area contributed by atoms with Gasteiger partial charge in [-0.1, -0.05) is 6.92 Å². The van der Waals surface area contributed by atoms with E-state index < -0.39 is 0 Å². The third-order valence-corrected chi connectivity index (χ3v) is 1.81. The highest BCUT2D eigenvalue weighted by molar-refractivity contribution is 4.75. The van der Waals surface area contributed by atoms with E-state index in [1.807, 2.05) is 21.1 Å². The van der Waals surface area contributed by atoms with Crippen molar-refractivity contribution in [3.05, 3.63) is 0 Å². The van der Waals surface area contributed by atoms with Crippen LogP contribution in [-0.4, -0.2) is 26.9 Å². The van der Waals surface area contributed by atoms with Crippen LogP contribution in [0.1, 0.15) is 13.3 Å². The highest BCUT2D eigenvalue weighted by Gasteiger charge is 2.19. The Bertz CT molecular complexity index is 51.2. The predicted molar refractivity (Wildman–Crippen MR) is 40.2 cm³/mol. The molecule has 0 saturated heterocycles. The summed E-state index contributed by atoms with van der Waals surface area (Å²) in [5.74, 6) is -0.0833. The van der Waals surface area contributed by atoms with Crippen molar-refractivity contribution in [1.29, 1.82) is 0 Å². The summed E-state index contributed by atoms with van der Waals surface area (Å²) in [6.07, 6.45) is 1.01. The summed E-state index contributed by atoms with van der Waals surface area (Å²) >= 11 is 0. The lowest BCUT2D eigenvalue weighted by Gasteiger charge is -2.31. The average Bonchev–Trinajstić information content (AvgIpc) is 1.95. The molecule has 0 aromatic carbocycles. The van der Waals surface area contributed by atoms with Gasteiger partial charge in [-0.3, -0.25) is 16.0 Å². The van der Waals surface area contributed by atoms with Crippen molar-refractivity contribution in [2.75, 3.05) is 21.1 Å². The number of hydrogen-bond donors (Lipinski definition) is 3. The van der Waals surface area contributed by atoms with E-state index in [2.05, 4.69) is 22.9 Å². The van der Waals surface area contributed by atoms with Gasteiger partial charge in [0.1, 0.15) is 5.79 Å². The number of hydrogen-bond acceptors (Lipinski definition) is 3. The fourth-order valence-corrected chi connectivity index (χ4v) is 0.905. The van der Waals surface area contributed by atoms with Crippen molar-refractivity contribution in [3.63, 3.8) is 0 Å². The van der Waals surface area contributed by atoms with Crippen molar-refractivity contribution in [2.45, 2.75) is 19.1 Å². The van der Waals surface area contributed by atoms with Crippen LogP contribution in [0, 0.1) is 0 Å². The molecule has 9 heavy (non-hydrogen) atoms. The molecule has 3 N–H and O–H groups in total. The SMILES string of the molecule is CCC(NC)(NC)NC. The minimum absolute atomic E-state index is 0.0833. The minimum Gasteiger partial charge on any atom is -0.290 e. The van der Waals surface area contributed by atoms with E-state index in [1.165, 1.54) is 0 Å². The molecule has 0 fully saturated rings. The number of nitrogens with one attached hydrogen (secondary N) is 3. The first-order valence-corrected chi connectivity index (χ1v) is 3.31. The van der Waals surface area contributed by atoms with Crippen LogP contribution in [0.2, 0.25) is 0 Å². The maximum absolute atomic E-state index is 3.14. The third-order valence-electron chi connectivity index (χ3n) is 1.81. The van der Waals surface area contributed by atoms with Gasteiger partial charge in [0.05, 0.1) is 0 Å². The lowest BCUT2D eigenvalue weighted by molar-refractivity contribution is 0.237. The Kier molecular flexibility index (Phi) is 3.77. The van der Waals surface area contributed by atoms with Crippen LogP contribution in [0.4, 0.5) is 0 Å². The summed E-state index contributed by atoms with van der Waals surface area (Å²) in [7, 11) is 5.78. The molecule has 0 aromatic heterocycles. The lowest BCUT2D eigenvalue weighted by Crippen LogP contribution is -2.62. The van der Waals surface area contributed by atoms with E-state index in [0.717, 1.165) is 6.42 Å². The maximum atomic E-state index is 3.14. The van der Waals surface area contributed by atoms with Crippen LogP contribution in [0.15, 0.2) is 0 Å². The maximum Gasteiger partial charge on any atom is 0.122 e. The first-order valence-electron chi connectivity index (χ1n) is 3.31. The average molecular weight is 131 g/mol. The summed E-state index contributed by atoms with van der Waals surface area (Å²) in [5, 5.41) is 9.43. The third kappa shape index (κ3) is 1.93. The second kappa shape index (κ2) is 3.82. The molecule has 0 unspecified atom stereocenters. The number of rotatable bonds is 4. The molecule has 0 bridgehead atoms. The van der Waals surface area contributed by atoms with Crippen molar-refractivity contribution in [2.24, 2.45) is 0 Å². The second-order valence-corrected chi connectivity index (χ2v) is 2.01. The Morgan fingerprint density at radius 1 is 1.00 bits per heavy atom. The van der Waals surface area contributed by atoms with Gasteiger partial charge in [0.25, 0.3) is 0 Å². The topological polar surface area (TPSA) is 36.1 Å². The van der Waals surface area contributed by atoms with Crippen molar-refractivity contribution < 1.29 is 0 Å². The molecular formula is C6H17N3. The van der Waals surface area contributed by atoms with Crippen LogP contribution >= 0.6 is 0 Å². The van der Waals surface area contributed by atoms with Gasteiger partial charge in [-0.25, -0.2) is 0 Å². The van der Waals surface area contributed by atoms with Crippen molar-refractivity contribution in [1.82, 2.24) is 16.0 Å². The Labute approximate surface area is 57.2 Å². The van der Waals surface area contributed by atoms with Gasteiger partial charge in [-0.15, -0.1) is 0 Å². The molecule has 0 spiro atoms. The zero-order chi connectivity index (χ0) is 7.33. The first-order chi connectivity index (χ1) is 4.24. The van der Waals surface area contributed by atoms with Gasteiger partial charge in [-0.05, 0) is 27.6 Å². The summed E-state index contributed by atoms with van der Waals surface area (Å²) in [4.78, 5) is 0. The summed E-state index contributed by atoms with van der Waals surface area (Å²) in [5.41, 5.74) is 0. The molecule has 56 valence electrons. The molecule has 0 aliphatic carbocycles. The Balaban J connectivity index is 3.82. The van der Waals surface area contributed by atoms with Crippen LogP contribution in [0.3, 0.4) is 0 Å². The molecule has 0 radical (unpaired) electrons. The largest absolute Gasteiger partial charge is 0.290 e. The molecule has 0 rings (SSSR count). The van der Waals surface area contributed by atoms with Crippen molar-refractivity contribution in [3.8, 4) is 0 Å². The van der Waals surface area contributed by atoms with Crippen LogP contribution in [0.5, 0.6) is 0 Å². The smallest absolute Gasteiger partial charge is 0.122 e. The Morgan fingerprint density at radius 2 is 1.33 bits per heavy atom. The van der Waals surface area contributed by atoms with E-state index in [1.54, 1.807) is 0 Å². The second-order valence-electron chi connectivity index (χ2n) is 2.01. The van der Waals surface area contributed by atoms with Gasteiger partial charge in [0.2, 0.25) is 0 Å². The molecule has 0 atom stereocenters. The molecule has 0 aliphatic rings. The minimum atomic E-state index is -0.0833. The zero-order valence-electron chi connectivity index (χ0n) is 6.71. The van der Waals surface area contributed by atoms with Gasteiger partial charge >= 0.3 is 0 Å². The fraction of sp³-hybridized carbons (Fsp3) is 1.00. The summed E-state index contributed by atoms with van der Waals surface area (Å²) < 4.78 is 0. The highest BCUT2D eigenvalue weighted by atomic mass is 15.3. The predicted octanol–water partition coefficient (Wildman–Crippen LogP) is -0.292. The molecule has 0 aromatic rings. The highest BCUT2D eigenvalue weighted by Crippen LogP contribution is 1.96. The quantitative estimate of drug-likeness (QED) is 0.459. The normalized spacial score (nSPS) is 12.0. The van der Waals surface area contributed by atoms with Crippen LogP contribution in [-0.2, 0) is 0 Å². The van der Waals surface area contributed by atoms with Crippen LogP contribution < -0.4 is 16.0 Å². The Hall–Kier alpha value is -0.120. The van der Waals surface area contributed by atoms with Gasteiger partial charge in [-0.2, -0.15) is 0 Å². The standard InChI is InChI=1S/C6H17N3/c1-5-6(7-2,8-3)9-4/h7-9H,5H2,1-4H3. The van der Waals surface area contributed by atoms with Gasteiger partial charge in [0.15, 0.2) is 0 Å². The molecule has 0 amide bonds. The molecule has 0 aliphatic heterocycles. The monoisotopic (exact) mass is 131 g/mol. The fourth-order valence-electron chi connectivity index (χ4n) is 0.905. The van der Waals surface area contributed by atoms with Crippen LogP contribution in [0.25, 0.3) is 0 Å². The van der Waals surface area contributed by atoms with E-state index in [4.69, 9.17) is 0 Å². The van der Waals surface area contributed by atoms with E-state index in [0.29, 0.717) is 0 Å². The van der Waals surface area contributed by atoms with Crippen molar-refractivity contribution >= 4 is 0 Å². The molecule has 3 heteroatoms. The summed E-state index contributed by atoms with van der Waals surface area (Å²) in [6.45, 7) is 2.11. The zero-order valence-corrected chi connectivity index (χ0v) is 6.71. The van der Waals surface area contributed by atoms with E-state index in [9.17, 15) is 0 Å². The van der Waals surface area contributed by atoms with E-state index >= 15 is 0 Å². The molecule has 0 saturated carbocycles. The van der Waals surface area contributed by atoms with Gasteiger partial charge < -0.3 is 0 Å². The van der Waals surface area contributed by atoms with Gasteiger partial charge in [0, 0.05) is 0 Å². The Morgan fingerprint density at radius 3 is 1.33 bits per heavy atom. The van der Waals surface area contributed by atoms with E-state index in [-0.39, 0.29) is 5.79 Å². The summed E-state index contributed by atoms with van der Waals surface area (Å²) in [6, 6.07) is 0. The lowest BCUT2D eigenvalue weighted by atomic mass is 10.2. The molecule has 0 heterocycles. The molecule has 3 nitrogen and oxygen atoms in total.